The molecule has 0 fully saturated rings. The molecule has 0 atom stereocenters. The maximum Gasteiger partial charge on any atom is 0.239 e. The molecule has 0 aliphatic rings. The normalized spacial score (nSPS) is 10.9. The van der Waals surface area contributed by atoms with E-state index in [1.165, 1.54) is 0 Å². The van der Waals surface area contributed by atoms with Crippen molar-refractivity contribution < 1.29 is 9.59 Å². The first-order valence-corrected chi connectivity index (χ1v) is 5.08. The van der Waals surface area contributed by atoms with Crippen molar-refractivity contribution in [1.29, 1.82) is 0 Å². The molecule has 5 nitrogen and oxygen atoms in total. The molecule has 0 aliphatic carbocycles. The molecule has 0 aliphatic heterocycles. The molecular formula is C10H21N3O2. The summed E-state index contributed by atoms with van der Waals surface area (Å²) in [7, 11) is 0. The zero-order valence-electron chi connectivity index (χ0n) is 9.72. The van der Waals surface area contributed by atoms with E-state index in [2.05, 4.69) is 31.4 Å². The molecule has 0 aromatic rings. The second kappa shape index (κ2) is 6.40. The summed E-state index contributed by atoms with van der Waals surface area (Å²) < 4.78 is 0. The third-order valence-electron chi connectivity index (χ3n) is 1.83. The van der Waals surface area contributed by atoms with Crippen LogP contribution in [0.3, 0.4) is 0 Å². The maximum absolute atomic E-state index is 11.2. The molecule has 2 amide bonds. The van der Waals surface area contributed by atoms with Crippen LogP contribution in [0.5, 0.6) is 0 Å². The largest absolute Gasteiger partial charge is 0.355 e. The van der Waals surface area contributed by atoms with Crippen LogP contribution in [0.15, 0.2) is 0 Å². The van der Waals surface area contributed by atoms with Gasteiger partial charge in [0.2, 0.25) is 11.8 Å². The Morgan fingerprint density at radius 1 is 1.13 bits per heavy atom. The lowest BCUT2D eigenvalue weighted by Crippen LogP contribution is -2.40. The predicted molar refractivity (Wildman–Crippen MR) is 59.1 cm³/mol. The van der Waals surface area contributed by atoms with Crippen LogP contribution in [0, 0.1) is 5.41 Å². The number of nitrogens with two attached hydrogens (primary N) is 1. The van der Waals surface area contributed by atoms with Crippen molar-refractivity contribution >= 4 is 11.8 Å². The summed E-state index contributed by atoms with van der Waals surface area (Å²) in [5.41, 5.74) is 5.27. The molecule has 15 heavy (non-hydrogen) atoms. The van der Waals surface area contributed by atoms with E-state index in [1.807, 2.05) is 0 Å². The smallest absolute Gasteiger partial charge is 0.239 e. The summed E-state index contributed by atoms with van der Waals surface area (Å²) in [4.78, 5) is 21.9. The Balaban J connectivity index is 3.54. The molecule has 0 spiro atoms. The number of nitrogens with one attached hydrogen (secondary N) is 2. The van der Waals surface area contributed by atoms with E-state index in [1.54, 1.807) is 0 Å². The highest BCUT2D eigenvalue weighted by Crippen LogP contribution is 2.16. The Morgan fingerprint density at radius 3 is 2.20 bits per heavy atom. The molecule has 0 heterocycles. The Labute approximate surface area is 90.8 Å². The van der Waals surface area contributed by atoms with Crippen LogP contribution in [0.25, 0.3) is 0 Å². The minimum atomic E-state index is -0.319. The Hall–Kier alpha value is -1.10. The maximum atomic E-state index is 11.2. The standard InChI is InChI=1S/C10H21N3O2/c1-10(2,3)4-5-12-9(15)7-13-8(14)6-11/h4-7,11H2,1-3H3,(H,12,15)(H,13,14). The summed E-state index contributed by atoms with van der Waals surface area (Å²) in [6, 6.07) is 0. The highest BCUT2D eigenvalue weighted by molar-refractivity contribution is 5.85. The fourth-order valence-corrected chi connectivity index (χ4v) is 0.890. The SMILES string of the molecule is CC(C)(C)CCNC(=O)CNC(=O)CN. The van der Waals surface area contributed by atoms with Gasteiger partial charge in [0, 0.05) is 6.54 Å². The number of rotatable bonds is 5. The third-order valence-corrected chi connectivity index (χ3v) is 1.83. The zero-order valence-corrected chi connectivity index (χ0v) is 9.72. The van der Waals surface area contributed by atoms with E-state index in [-0.39, 0.29) is 30.3 Å². The van der Waals surface area contributed by atoms with Crippen LogP contribution in [0.4, 0.5) is 0 Å². The van der Waals surface area contributed by atoms with E-state index < -0.39 is 0 Å². The predicted octanol–water partition coefficient (Wildman–Crippen LogP) is -0.386. The van der Waals surface area contributed by atoms with Crippen LogP contribution in [0.2, 0.25) is 0 Å². The zero-order chi connectivity index (χ0) is 11.9. The average Bonchev–Trinajstić information content (AvgIpc) is 2.12. The second-order valence-electron chi connectivity index (χ2n) is 4.64. The molecule has 0 saturated heterocycles. The van der Waals surface area contributed by atoms with Crippen molar-refractivity contribution in [2.24, 2.45) is 11.1 Å². The van der Waals surface area contributed by atoms with Crippen molar-refractivity contribution in [3.8, 4) is 0 Å². The molecular weight excluding hydrogens is 194 g/mol. The molecule has 0 radical (unpaired) electrons. The summed E-state index contributed by atoms with van der Waals surface area (Å²) >= 11 is 0. The molecule has 0 aromatic carbocycles. The van der Waals surface area contributed by atoms with Crippen molar-refractivity contribution in [1.82, 2.24) is 10.6 Å². The quantitative estimate of drug-likeness (QED) is 0.584. The number of hydrogen-bond donors (Lipinski definition) is 3. The number of amides is 2. The molecule has 0 rings (SSSR count). The summed E-state index contributed by atoms with van der Waals surface area (Å²) in [6.45, 7) is 6.86. The van der Waals surface area contributed by atoms with Gasteiger partial charge in [-0.15, -0.1) is 0 Å². The van der Waals surface area contributed by atoms with Gasteiger partial charge in [0.05, 0.1) is 13.1 Å². The number of carbonyl (C=O) groups excluding carboxylic acids is 2. The van der Waals surface area contributed by atoms with Crippen LogP contribution < -0.4 is 16.4 Å². The lowest BCUT2D eigenvalue weighted by atomic mass is 9.92. The first kappa shape index (κ1) is 13.9. The minimum absolute atomic E-state index is 0.000175. The molecule has 88 valence electrons. The summed E-state index contributed by atoms with van der Waals surface area (Å²) in [5, 5.41) is 5.13. The van der Waals surface area contributed by atoms with E-state index in [0.29, 0.717) is 6.54 Å². The Morgan fingerprint density at radius 2 is 1.73 bits per heavy atom. The van der Waals surface area contributed by atoms with Gasteiger partial charge in [-0.1, -0.05) is 20.8 Å². The first-order valence-electron chi connectivity index (χ1n) is 5.08. The first-order chi connectivity index (χ1) is 6.85. The van der Waals surface area contributed by atoms with E-state index in [0.717, 1.165) is 6.42 Å². The van der Waals surface area contributed by atoms with Gasteiger partial charge in [-0.2, -0.15) is 0 Å². The highest BCUT2D eigenvalue weighted by atomic mass is 16.2. The summed E-state index contributed by atoms with van der Waals surface area (Å²) in [6.07, 6.45) is 0.906. The van der Waals surface area contributed by atoms with Gasteiger partial charge in [0.15, 0.2) is 0 Å². The van der Waals surface area contributed by atoms with E-state index >= 15 is 0 Å². The van der Waals surface area contributed by atoms with Crippen LogP contribution in [-0.4, -0.2) is 31.4 Å². The monoisotopic (exact) mass is 215 g/mol. The van der Waals surface area contributed by atoms with Gasteiger partial charge in [-0.05, 0) is 11.8 Å². The fourth-order valence-electron chi connectivity index (χ4n) is 0.890. The van der Waals surface area contributed by atoms with Gasteiger partial charge in [-0.25, -0.2) is 0 Å². The molecule has 0 saturated carbocycles. The van der Waals surface area contributed by atoms with Gasteiger partial charge >= 0.3 is 0 Å². The lowest BCUT2D eigenvalue weighted by Gasteiger charge is -2.18. The molecule has 0 aromatic heterocycles. The van der Waals surface area contributed by atoms with Crippen molar-refractivity contribution in [2.45, 2.75) is 27.2 Å². The van der Waals surface area contributed by atoms with Crippen LogP contribution in [-0.2, 0) is 9.59 Å². The van der Waals surface area contributed by atoms with Gasteiger partial charge in [-0.3, -0.25) is 9.59 Å². The Bertz CT molecular complexity index is 221. The van der Waals surface area contributed by atoms with Crippen molar-refractivity contribution in [3.05, 3.63) is 0 Å². The Kier molecular flexibility index (Phi) is 5.93. The second-order valence-corrected chi connectivity index (χ2v) is 4.64. The highest BCUT2D eigenvalue weighted by Gasteiger charge is 2.10. The van der Waals surface area contributed by atoms with Crippen molar-refractivity contribution in [2.75, 3.05) is 19.6 Å². The van der Waals surface area contributed by atoms with Gasteiger partial charge < -0.3 is 16.4 Å². The van der Waals surface area contributed by atoms with Crippen molar-refractivity contribution in [3.63, 3.8) is 0 Å². The molecule has 5 heteroatoms. The molecule has 4 N–H and O–H groups in total. The minimum Gasteiger partial charge on any atom is -0.355 e. The number of hydrogen-bond acceptors (Lipinski definition) is 3. The summed E-state index contributed by atoms with van der Waals surface area (Å²) in [5.74, 6) is -0.498. The third kappa shape index (κ3) is 9.21. The van der Waals surface area contributed by atoms with E-state index in [9.17, 15) is 9.59 Å². The fraction of sp³-hybridized carbons (Fsp3) is 0.800. The van der Waals surface area contributed by atoms with Crippen LogP contribution in [0.1, 0.15) is 27.2 Å². The van der Waals surface area contributed by atoms with Gasteiger partial charge in [0.1, 0.15) is 0 Å². The van der Waals surface area contributed by atoms with Gasteiger partial charge in [0.25, 0.3) is 0 Å². The molecule has 0 bridgehead atoms. The van der Waals surface area contributed by atoms with Crippen LogP contribution >= 0.6 is 0 Å². The molecule has 0 unspecified atom stereocenters. The van der Waals surface area contributed by atoms with E-state index in [4.69, 9.17) is 5.73 Å². The average molecular weight is 215 g/mol. The lowest BCUT2D eigenvalue weighted by molar-refractivity contribution is -0.125. The number of carbonyl (C=O) groups is 2. The topological polar surface area (TPSA) is 84.2 Å².